The molecule has 1 saturated heterocycles. The van der Waals surface area contributed by atoms with Gasteiger partial charge in [-0.2, -0.15) is 0 Å². The molecule has 0 spiro atoms. The third-order valence-corrected chi connectivity index (χ3v) is 3.97. The van der Waals surface area contributed by atoms with Crippen LogP contribution in [0.4, 0.5) is 0 Å². The summed E-state index contributed by atoms with van der Waals surface area (Å²) in [5.41, 5.74) is 4.29. The Morgan fingerprint density at radius 2 is 2.05 bits per heavy atom. The molecule has 1 fully saturated rings. The lowest BCUT2D eigenvalue weighted by molar-refractivity contribution is -0.153. The molecule has 1 rings (SSSR count). The summed E-state index contributed by atoms with van der Waals surface area (Å²) in [6.45, 7) is 4.15. The number of hydrogen-bond donors (Lipinski definition) is 3. The van der Waals surface area contributed by atoms with E-state index in [-0.39, 0.29) is 30.8 Å². The maximum atomic E-state index is 12.0. The molecular formula is C13H23N3O4. The number of likely N-dealkylation sites (tertiary alicyclic amines) is 1. The average Bonchev–Trinajstić information content (AvgIpc) is 2.44. The fraction of sp³-hybridized carbons (Fsp3) is 0.769. The monoisotopic (exact) mass is 285 g/mol. The molecule has 0 saturated carbocycles. The Labute approximate surface area is 118 Å². The number of rotatable bonds is 5. The maximum Gasteiger partial charge on any atom is 0.309 e. The zero-order valence-corrected chi connectivity index (χ0v) is 12.0. The fourth-order valence-corrected chi connectivity index (χ4v) is 2.33. The van der Waals surface area contributed by atoms with Crippen molar-refractivity contribution in [3.8, 4) is 0 Å². The molecule has 0 aromatic rings. The predicted molar refractivity (Wildman–Crippen MR) is 72.8 cm³/mol. The predicted octanol–water partition coefficient (Wildman–Crippen LogP) is -0.589. The van der Waals surface area contributed by atoms with Crippen LogP contribution in [0.15, 0.2) is 0 Å². The first-order valence-corrected chi connectivity index (χ1v) is 6.77. The molecule has 4 N–H and O–H groups in total. The lowest BCUT2D eigenvalue weighted by Crippen LogP contribution is -2.49. The number of nitrogens with zero attached hydrogens (tertiary/aromatic N) is 1. The summed E-state index contributed by atoms with van der Waals surface area (Å²) in [4.78, 5) is 35.9. The third-order valence-electron chi connectivity index (χ3n) is 3.97. The van der Waals surface area contributed by atoms with Crippen LogP contribution in [0, 0.1) is 11.3 Å². The van der Waals surface area contributed by atoms with Crippen molar-refractivity contribution in [2.45, 2.75) is 26.7 Å². The second kappa shape index (κ2) is 6.69. The Kier molecular flexibility index (Phi) is 5.50. The summed E-state index contributed by atoms with van der Waals surface area (Å²) >= 11 is 0. The van der Waals surface area contributed by atoms with E-state index < -0.39 is 11.4 Å². The van der Waals surface area contributed by atoms with Gasteiger partial charge in [-0.1, -0.05) is 0 Å². The maximum absolute atomic E-state index is 12.0. The summed E-state index contributed by atoms with van der Waals surface area (Å²) in [7, 11) is 0. The Bertz CT molecular complexity index is 395. The van der Waals surface area contributed by atoms with Crippen LogP contribution >= 0.6 is 0 Å². The molecule has 0 bridgehead atoms. The SMILES string of the molecule is CC(C)(C(=O)O)C1CCCN(C(=O)CNC(=O)CN)C1. The average molecular weight is 285 g/mol. The van der Waals surface area contributed by atoms with Gasteiger partial charge >= 0.3 is 5.97 Å². The van der Waals surface area contributed by atoms with Gasteiger partial charge < -0.3 is 21.1 Å². The highest BCUT2D eigenvalue weighted by molar-refractivity contribution is 5.85. The fourth-order valence-electron chi connectivity index (χ4n) is 2.33. The van der Waals surface area contributed by atoms with Gasteiger partial charge in [-0.05, 0) is 32.6 Å². The van der Waals surface area contributed by atoms with Gasteiger partial charge in [0, 0.05) is 13.1 Å². The minimum atomic E-state index is -0.862. The summed E-state index contributed by atoms with van der Waals surface area (Å²) in [6, 6.07) is 0. The van der Waals surface area contributed by atoms with Crippen molar-refractivity contribution in [2.24, 2.45) is 17.1 Å². The van der Waals surface area contributed by atoms with Crippen molar-refractivity contribution < 1.29 is 19.5 Å². The van der Waals surface area contributed by atoms with Gasteiger partial charge in [-0.15, -0.1) is 0 Å². The molecule has 114 valence electrons. The number of carboxylic acids is 1. The van der Waals surface area contributed by atoms with Gasteiger partial charge in [-0.25, -0.2) is 0 Å². The molecular weight excluding hydrogens is 262 g/mol. The van der Waals surface area contributed by atoms with Crippen molar-refractivity contribution in [2.75, 3.05) is 26.2 Å². The molecule has 0 radical (unpaired) electrons. The molecule has 7 heteroatoms. The van der Waals surface area contributed by atoms with E-state index >= 15 is 0 Å². The van der Waals surface area contributed by atoms with Gasteiger partial charge in [0.05, 0.1) is 18.5 Å². The van der Waals surface area contributed by atoms with Crippen molar-refractivity contribution >= 4 is 17.8 Å². The summed E-state index contributed by atoms with van der Waals surface area (Å²) in [6.07, 6.45) is 1.57. The minimum Gasteiger partial charge on any atom is -0.481 e. The van der Waals surface area contributed by atoms with Crippen LogP contribution in [0.1, 0.15) is 26.7 Å². The number of piperidine rings is 1. The lowest BCUT2D eigenvalue weighted by atomic mass is 9.74. The standard InChI is InChI=1S/C13H23N3O4/c1-13(2,12(19)20)9-4-3-5-16(8-9)11(18)7-15-10(17)6-14/h9H,3-8,14H2,1-2H3,(H,15,17)(H,19,20). The second-order valence-electron chi connectivity index (χ2n) is 5.69. The molecule has 2 amide bonds. The Morgan fingerprint density at radius 1 is 1.40 bits per heavy atom. The van der Waals surface area contributed by atoms with E-state index in [0.717, 1.165) is 12.8 Å². The van der Waals surface area contributed by atoms with Gasteiger partial charge in [0.1, 0.15) is 0 Å². The minimum absolute atomic E-state index is 0.0806. The van der Waals surface area contributed by atoms with E-state index in [4.69, 9.17) is 5.73 Å². The molecule has 0 aromatic carbocycles. The smallest absolute Gasteiger partial charge is 0.309 e. The normalized spacial score (nSPS) is 19.6. The van der Waals surface area contributed by atoms with Crippen LogP contribution in [-0.4, -0.2) is 54.0 Å². The first-order valence-electron chi connectivity index (χ1n) is 6.77. The second-order valence-corrected chi connectivity index (χ2v) is 5.69. The Morgan fingerprint density at radius 3 is 2.60 bits per heavy atom. The zero-order chi connectivity index (χ0) is 15.3. The summed E-state index contributed by atoms with van der Waals surface area (Å²) in [5, 5.41) is 11.7. The Hall–Kier alpha value is -1.63. The van der Waals surface area contributed by atoms with Gasteiger partial charge in [0.25, 0.3) is 0 Å². The van der Waals surface area contributed by atoms with Crippen LogP contribution in [0.2, 0.25) is 0 Å². The molecule has 7 nitrogen and oxygen atoms in total. The van der Waals surface area contributed by atoms with Crippen LogP contribution < -0.4 is 11.1 Å². The van der Waals surface area contributed by atoms with Crippen molar-refractivity contribution in [1.29, 1.82) is 0 Å². The zero-order valence-electron chi connectivity index (χ0n) is 12.0. The Balaban J connectivity index is 2.58. The van der Waals surface area contributed by atoms with Crippen molar-refractivity contribution in [3.63, 3.8) is 0 Å². The highest BCUT2D eigenvalue weighted by atomic mass is 16.4. The number of nitrogens with one attached hydrogen (secondary N) is 1. The molecule has 1 heterocycles. The number of aliphatic carboxylic acids is 1. The van der Waals surface area contributed by atoms with E-state index in [1.807, 2.05) is 0 Å². The van der Waals surface area contributed by atoms with E-state index in [2.05, 4.69) is 5.32 Å². The number of nitrogens with two attached hydrogens (primary N) is 1. The molecule has 0 aliphatic carbocycles. The largest absolute Gasteiger partial charge is 0.481 e. The van der Waals surface area contributed by atoms with E-state index in [1.165, 1.54) is 0 Å². The molecule has 1 aliphatic rings. The molecule has 1 aliphatic heterocycles. The van der Waals surface area contributed by atoms with Crippen LogP contribution in [-0.2, 0) is 14.4 Å². The number of carbonyl (C=O) groups excluding carboxylic acids is 2. The van der Waals surface area contributed by atoms with E-state index in [1.54, 1.807) is 18.7 Å². The summed E-state index contributed by atoms with van der Waals surface area (Å²) in [5.74, 6) is -1.51. The van der Waals surface area contributed by atoms with Crippen molar-refractivity contribution in [1.82, 2.24) is 10.2 Å². The highest BCUT2D eigenvalue weighted by Crippen LogP contribution is 2.34. The van der Waals surface area contributed by atoms with Crippen molar-refractivity contribution in [3.05, 3.63) is 0 Å². The molecule has 0 aromatic heterocycles. The van der Waals surface area contributed by atoms with Gasteiger partial charge in [0.15, 0.2) is 0 Å². The summed E-state index contributed by atoms with van der Waals surface area (Å²) < 4.78 is 0. The van der Waals surface area contributed by atoms with Crippen LogP contribution in [0.3, 0.4) is 0 Å². The number of amides is 2. The topological polar surface area (TPSA) is 113 Å². The first kappa shape index (κ1) is 16.4. The van der Waals surface area contributed by atoms with E-state index in [0.29, 0.717) is 13.1 Å². The quantitative estimate of drug-likeness (QED) is 0.625. The number of carbonyl (C=O) groups is 3. The van der Waals surface area contributed by atoms with Crippen LogP contribution in [0.5, 0.6) is 0 Å². The third kappa shape index (κ3) is 3.93. The number of hydrogen-bond acceptors (Lipinski definition) is 4. The molecule has 20 heavy (non-hydrogen) atoms. The lowest BCUT2D eigenvalue weighted by Gasteiger charge is -2.39. The van der Waals surface area contributed by atoms with Gasteiger partial charge in [-0.3, -0.25) is 14.4 Å². The highest BCUT2D eigenvalue weighted by Gasteiger charge is 2.39. The van der Waals surface area contributed by atoms with E-state index in [9.17, 15) is 19.5 Å². The number of carboxylic acid groups (broad SMARTS) is 1. The van der Waals surface area contributed by atoms with Crippen LogP contribution in [0.25, 0.3) is 0 Å². The molecule has 1 atom stereocenters. The van der Waals surface area contributed by atoms with Gasteiger partial charge in [0.2, 0.25) is 11.8 Å². The molecule has 1 unspecified atom stereocenters. The first-order chi connectivity index (χ1) is 9.28.